The minimum Gasteiger partial charge on any atom is -0.495 e. The molecule has 0 N–H and O–H groups in total. The van der Waals surface area contributed by atoms with Gasteiger partial charge in [-0.1, -0.05) is 25.4 Å². The zero-order valence-corrected chi connectivity index (χ0v) is 16.5. The van der Waals surface area contributed by atoms with Crippen LogP contribution in [0.4, 0.5) is 0 Å². The summed E-state index contributed by atoms with van der Waals surface area (Å²) in [4.78, 5) is 5.15. The summed E-state index contributed by atoms with van der Waals surface area (Å²) in [6.07, 6.45) is 0.00545. The van der Waals surface area contributed by atoms with Gasteiger partial charge in [0.15, 0.2) is 0 Å². The van der Waals surface area contributed by atoms with Crippen LogP contribution in [0.1, 0.15) is 25.3 Å². The molecule has 0 bridgehead atoms. The summed E-state index contributed by atoms with van der Waals surface area (Å²) in [6, 6.07) is 6.32. The third kappa shape index (κ3) is 5.02. The minimum absolute atomic E-state index is 0.00545. The Bertz CT molecular complexity index is 562. The zero-order chi connectivity index (χ0) is 17.7. The molecule has 0 heterocycles. The molecule has 1 aromatic carbocycles. The van der Waals surface area contributed by atoms with Crippen molar-refractivity contribution in [1.82, 2.24) is 9.80 Å². The molecule has 6 heteroatoms. The molecule has 1 rings (SSSR count). The summed E-state index contributed by atoms with van der Waals surface area (Å²) < 4.78 is 5.32. The van der Waals surface area contributed by atoms with Crippen molar-refractivity contribution in [1.29, 1.82) is 5.26 Å². The van der Waals surface area contributed by atoms with Crippen LogP contribution in [0.5, 0.6) is 5.75 Å². The normalized spacial score (nSPS) is 13.0. The van der Waals surface area contributed by atoms with Crippen LogP contribution in [-0.2, 0) is 0 Å². The number of ether oxygens (including phenoxy) is 1. The highest BCUT2D eigenvalue weighted by atomic mass is 35.5. The highest BCUT2D eigenvalue weighted by Gasteiger charge is 2.28. The van der Waals surface area contributed by atoms with Crippen LogP contribution in [-0.4, -0.2) is 56.5 Å². The van der Waals surface area contributed by atoms with Crippen LogP contribution in [0.3, 0.4) is 0 Å². The fourth-order valence-electron chi connectivity index (χ4n) is 2.55. The number of benzene rings is 1. The smallest absolute Gasteiger partial charge is 0.137 e. The number of halogens is 1. The Balaban J connectivity index is 3.24. The predicted octanol–water partition coefficient (Wildman–Crippen LogP) is 3.91. The second kappa shape index (κ2) is 8.79. The lowest BCUT2D eigenvalue weighted by molar-refractivity contribution is 0.138. The molecule has 0 aliphatic heterocycles. The summed E-state index contributed by atoms with van der Waals surface area (Å²) in [5, 5.41) is 10.0. The van der Waals surface area contributed by atoms with Gasteiger partial charge in [0, 0.05) is 4.90 Å². The zero-order valence-electron chi connectivity index (χ0n) is 14.9. The minimum atomic E-state index is -0.234. The number of methoxy groups -OCH3 is 1. The number of nitriles is 1. The first kappa shape index (κ1) is 20.1. The third-order valence-corrected chi connectivity index (χ3v) is 5.12. The number of rotatable bonds is 7. The van der Waals surface area contributed by atoms with Crippen molar-refractivity contribution in [2.24, 2.45) is 0 Å². The summed E-state index contributed by atoms with van der Waals surface area (Å²) in [5.41, 5.74) is 1.15. The van der Waals surface area contributed by atoms with Crippen molar-refractivity contribution >= 4 is 23.4 Å². The van der Waals surface area contributed by atoms with E-state index in [-0.39, 0.29) is 11.4 Å². The monoisotopic (exact) mass is 355 g/mol. The number of thioether (sulfide) groups is 1. The molecule has 4 nitrogen and oxygen atoms in total. The predicted molar refractivity (Wildman–Crippen MR) is 98.5 cm³/mol. The van der Waals surface area contributed by atoms with E-state index in [1.807, 2.05) is 40.3 Å². The topological polar surface area (TPSA) is 39.5 Å². The quantitative estimate of drug-likeness (QED) is 0.547. The molecule has 23 heavy (non-hydrogen) atoms. The van der Waals surface area contributed by atoms with E-state index in [2.05, 4.69) is 29.7 Å². The second-order valence-electron chi connectivity index (χ2n) is 6.19. The Morgan fingerprint density at radius 2 is 1.74 bits per heavy atom. The summed E-state index contributed by atoms with van der Waals surface area (Å²) in [7, 11) is 9.56. The van der Waals surface area contributed by atoms with Gasteiger partial charge in [0.25, 0.3) is 0 Å². The number of hydrogen-bond acceptors (Lipinski definition) is 5. The van der Waals surface area contributed by atoms with E-state index < -0.39 is 0 Å². The fraction of sp³-hybridized carbons (Fsp3) is 0.588. The van der Waals surface area contributed by atoms with Crippen molar-refractivity contribution in [2.75, 3.05) is 35.3 Å². The van der Waals surface area contributed by atoms with Crippen molar-refractivity contribution in [3.05, 3.63) is 22.7 Å². The van der Waals surface area contributed by atoms with Crippen LogP contribution in [0.25, 0.3) is 0 Å². The average molecular weight is 356 g/mol. The molecule has 0 radical (unpaired) electrons. The van der Waals surface area contributed by atoms with E-state index in [4.69, 9.17) is 16.3 Å². The van der Waals surface area contributed by atoms with Crippen molar-refractivity contribution in [3.63, 3.8) is 0 Å². The summed E-state index contributed by atoms with van der Waals surface area (Å²) in [5.74, 6) is 0.991. The molecule has 0 saturated carbocycles. The second-order valence-corrected chi connectivity index (χ2v) is 7.78. The molecule has 0 aliphatic rings. The number of nitrogens with zero attached hydrogens (tertiary/aromatic N) is 3. The Morgan fingerprint density at radius 3 is 2.13 bits per heavy atom. The van der Waals surface area contributed by atoms with Gasteiger partial charge in [0.2, 0.25) is 0 Å². The van der Waals surface area contributed by atoms with E-state index in [9.17, 15) is 5.26 Å². The van der Waals surface area contributed by atoms with Gasteiger partial charge in [-0.25, -0.2) is 0 Å². The molecule has 1 aromatic rings. The molecule has 0 aliphatic carbocycles. The van der Waals surface area contributed by atoms with E-state index >= 15 is 0 Å². The van der Waals surface area contributed by atoms with Crippen LogP contribution < -0.4 is 4.74 Å². The number of hydrogen-bond donors (Lipinski definition) is 0. The molecule has 0 spiro atoms. The Hall–Kier alpha value is -0.930. The first-order valence-corrected chi connectivity index (χ1v) is 8.75. The maximum atomic E-state index is 9.67. The van der Waals surface area contributed by atoms with E-state index in [1.165, 1.54) is 0 Å². The average Bonchev–Trinajstić information content (AvgIpc) is 2.45. The van der Waals surface area contributed by atoms with Crippen molar-refractivity contribution in [3.8, 4) is 11.8 Å². The first-order valence-electron chi connectivity index (χ1n) is 7.49. The van der Waals surface area contributed by atoms with Gasteiger partial charge in [-0.15, -0.1) is 11.8 Å². The molecular formula is C17H26ClN3OS. The van der Waals surface area contributed by atoms with Gasteiger partial charge < -0.3 is 4.74 Å². The molecule has 0 amide bonds. The largest absolute Gasteiger partial charge is 0.495 e. The molecule has 0 saturated heterocycles. The maximum Gasteiger partial charge on any atom is 0.137 e. The van der Waals surface area contributed by atoms with E-state index in [1.54, 1.807) is 18.9 Å². The molecule has 1 unspecified atom stereocenters. The first-order chi connectivity index (χ1) is 10.7. The van der Waals surface area contributed by atoms with Crippen LogP contribution in [0, 0.1) is 11.3 Å². The molecular weight excluding hydrogens is 330 g/mol. The Kier molecular flexibility index (Phi) is 7.69. The Labute approximate surface area is 149 Å². The lowest BCUT2D eigenvalue weighted by Crippen LogP contribution is -2.47. The van der Waals surface area contributed by atoms with E-state index in [0.717, 1.165) is 10.5 Å². The third-order valence-electron chi connectivity index (χ3n) is 3.62. The lowest BCUT2D eigenvalue weighted by atomic mass is 10.0. The van der Waals surface area contributed by atoms with Gasteiger partial charge in [-0.05, 0) is 51.8 Å². The summed E-state index contributed by atoms with van der Waals surface area (Å²) in [6.45, 7) is 4.26. The Morgan fingerprint density at radius 1 is 1.17 bits per heavy atom. The maximum absolute atomic E-state index is 9.67. The van der Waals surface area contributed by atoms with Gasteiger partial charge in [0.05, 0.1) is 24.4 Å². The molecule has 0 fully saturated rings. The van der Waals surface area contributed by atoms with Gasteiger partial charge in [0.1, 0.15) is 11.0 Å². The molecule has 1 atom stereocenters. The lowest BCUT2D eigenvalue weighted by Gasteiger charge is -2.33. The van der Waals surface area contributed by atoms with Crippen molar-refractivity contribution < 1.29 is 4.74 Å². The van der Waals surface area contributed by atoms with Crippen LogP contribution in [0.2, 0.25) is 5.02 Å². The molecule has 128 valence electrons. The standard InChI is InChI=1S/C17H26ClN3OS/c1-11(2)12-8-14(22-7)13(18)9-15(12)23-16(10-19)17(20(3)4)21(5)6/h8-9,11,16-17H,1-7H3. The van der Waals surface area contributed by atoms with Gasteiger partial charge >= 0.3 is 0 Å². The van der Waals surface area contributed by atoms with Gasteiger partial charge in [-0.3, -0.25) is 9.80 Å². The fourth-order valence-corrected chi connectivity index (χ4v) is 4.41. The molecule has 0 aromatic heterocycles. The highest BCUT2D eigenvalue weighted by Crippen LogP contribution is 2.39. The van der Waals surface area contributed by atoms with Gasteiger partial charge in [-0.2, -0.15) is 5.26 Å². The van der Waals surface area contributed by atoms with Crippen LogP contribution in [0.15, 0.2) is 17.0 Å². The summed E-state index contributed by atoms with van der Waals surface area (Å²) >= 11 is 7.85. The van der Waals surface area contributed by atoms with Crippen LogP contribution >= 0.6 is 23.4 Å². The van der Waals surface area contributed by atoms with Crippen molar-refractivity contribution in [2.45, 2.75) is 36.1 Å². The highest BCUT2D eigenvalue weighted by molar-refractivity contribution is 8.00. The van der Waals surface area contributed by atoms with E-state index in [0.29, 0.717) is 16.7 Å². The SMILES string of the molecule is COc1cc(C(C)C)c(SC(C#N)C(N(C)C)N(C)C)cc1Cl.